The van der Waals surface area contributed by atoms with E-state index in [9.17, 15) is 4.79 Å². The first-order valence-electron chi connectivity index (χ1n) is 6.14. The van der Waals surface area contributed by atoms with Gasteiger partial charge in [-0.15, -0.1) is 0 Å². The standard InChI is InChI=1S/C16H14N2O/c1-10-6-7-11-13(9-18-15(11)8-10)16(19)12-4-2-3-5-14(12)17/h2-9,18H,17H2,1H3. The number of rotatable bonds is 2. The van der Waals surface area contributed by atoms with Gasteiger partial charge in [-0.1, -0.05) is 24.3 Å². The van der Waals surface area contributed by atoms with Crippen LogP contribution in [0.15, 0.2) is 48.7 Å². The molecule has 0 radical (unpaired) electrons. The number of carbonyl (C=O) groups excluding carboxylic acids is 1. The lowest BCUT2D eigenvalue weighted by Gasteiger charge is -2.03. The molecule has 19 heavy (non-hydrogen) atoms. The normalized spacial score (nSPS) is 10.8. The van der Waals surface area contributed by atoms with Crippen LogP contribution in [0.5, 0.6) is 0 Å². The van der Waals surface area contributed by atoms with Gasteiger partial charge in [-0.05, 0) is 30.7 Å². The fraction of sp³-hybridized carbons (Fsp3) is 0.0625. The Morgan fingerprint density at radius 1 is 1.11 bits per heavy atom. The highest BCUT2D eigenvalue weighted by molar-refractivity contribution is 6.18. The molecule has 3 aromatic rings. The third-order valence-corrected chi connectivity index (χ3v) is 3.29. The number of benzene rings is 2. The van der Waals surface area contributed by atoms with Gasteiger partial charge in [0.25, 0.3) is 0 Å². The van der Waals surface area contributed by atoms with Gasteiger partial charge in [0.2, 0.25) is 0 Å². The number of nitrogens with one attached hydrogen (secondary N) is 1. The van der Waals surface area contributed by atoms with E-state index in [0.717, 1.165) is 16.5 Å². The smallest absolute Gasteiger partial charge is 0.197 e. The lowest BCUT2D eigenvalue weighted by molar-refractivity contribution is 0.104. The molecule has 2 aromatic carbocycles. The van der Waals surface area contributed by atoms with Gasteiger partial charge in [-0.2, -0.15) is 0 Å². The Bertz CT molecular complexity index is 771. The number of fused-ring (bicyclic) bond motifs is 1. The summed E-state index contributed by atoms with van der Waals surface area (Å²) in [5, 5.41) is 0.929. The van der Waals surface area contributed by atoms with Crippen LogP contribution >= 0.6 is 0 Å². The summed E-state index contributed by atoms with van der Waals surface area (Å²) in [6, 6.07) is 13.1. The van der Waals surface area contributed by atoms with Gasteiger partial charge >= 0.3 is 0 Å². The summed E-state index contributed by atoms with van der Waals surface area (Å²) in [5.74, 6) is -0.0480. The van der Waals surface area contributed by atoms with Crippen molar-refractivity contribution in [2.45, 2.75) is 6.92 Å². The van der Waals surface area contributed by atoms with E-state index in [4.69, 9.17) is 5.73 Å². The van der Waals surface area contributed by atoms with Crippen molar-refractivity contribution in [3.05, 3.63) is 65.4 Å². The molecule has 94 valence electrons. The van der Waals surface area contributed by atoms with E-state index in [1.165, 1.54) is 0 Å². The van der Waals surface area contributed by atoms with E-state index in [1.807, 2.05) is 37.3 Å². The number of hydrogen-bond acceptors (Lipinski definition) is 2. The van der Waals surface area contributed by atoms with Crippen molar-refractivity contribution in [2.75, 3.05) is 5.73 Å². The molecule has 0 unspecified atom stereocenters. The largest absolute Gasteiger partial charge is 0.398 e. The molecular weight excluding hydrogens is 236 g/mol. The quantitative estimate of drug-likeness (QED) is 0.541. The molecule has 3 rings (SSSR count). The van der Waals surface area contributed by atoms with E-state index in [0.29, 0.717) is 16.8 Å². The topological polar surface area (TPSA) is 58.9 Å². The van der Waals surface area contributed by atoms with E-state index in [2.05, 4.69) is 4.98 Å². The van der Waals surface area contributed by atoms with Crippen LogP contribution in [0, 0.1) is 6.92 Å². The van der Waals surface area contributed by atoms with Crippen molar-refractivity contribution in [1.82, 2.24) is 4.98 Å². The molecule has 0 spiro atoms. The molecule has 0 amide bonds. The molecule has 0 bridgehead atoms. The maximum absolute atomic E-state index is 12.5. The Morgan fingerprint density at radius 3 is 2.68 bits per heavy atom. The first kappa shape index (κ1) is 11.5. The van der Waals surface area contributed by atoms with Crippen molar-refractivity contribution < 1.29 is 4.79 Å². The van der Waals surface area contributed by atoms with Crippen LogP contribution < -0.4 is 5.73 Å². The van der Waals surface area contributed by atoms with Crippen molar-refractivity contribution in [3.8, 4) is 0 Å². The maximum atomic E-state index is 12.5. The van der Waals surface area contributed by atoms with Crippen molar-refractivity contribution in [3.63, 3.8) is 0 Å². The average molecular weight is 250 g/mol. The lowest BCUT2D eigenvalue weighted by atomic mass is 10.0. The van der Waals surface area contributed by atoms with Crippen LogP contribution in [-0.2, 0) is 0 Å². The van der Waals surface area contributed by atoms with Crippen molar-refractivity contribution in [2.24, 2.45) is 0 Å². The number of para-hydroxylation sites is 1. The number of nitrogen functional groups attached to an aromatic ring is 1. The number of carbonyl (C=O) groups is 1. The molecule has 3 N–H and O–H groups in total. The molecule has 0 aliphatic heterocycles. The van der Waals surface area contributed by atoms with E-state index >= 15 is 0 Å². The molecular formula is C16H14N2O. The number of aryl methyl sites for hydroxylation is 1. The van der Waals surface area contributed by atoms with Gasteiger partial charge in [0.1, 0.15) is 0 Å². The minimum atomic E-state index is -0.0480. The third-order valence-electron chi connectivity index (χ3n) is 3.29. The number of aromatic nitrogens is 1. The summed E-state index contributed by atoms with van der Waals surface area (Å²) >= 11 is 0. The molecule has 1 aromatic heterocycles. The minimum absolute atomic E-state index is 0.0480. The fourth-order valence-electron chi connectivity index (χ4n) is 2.28. The van der Waals surface area contributed by atoms with E-state index in [1.54, 1.807) is 18.3 Å². The summed E-state index contributed by atoms with van der Waals surface area (Å²) in [4.78, 5) is 15.7. The van der Waals surface area contributed by atoms with Gasteiger partial charge in [0, 0.05) is 33.9 Å². The summed E-state index contributed by atoms with van der Waals surface area (Å²) in [6.07, 6.45) is 1.75. The first-order valence-corrected chi connectivity index (χ1v) is 6.14. The highest BCUT2D eigenvalue weighted by Gasteiger charge is 2.15. The highest BCUT2D eigenvalue weighted by Crippen LogP contribution is 2.24. The molecule has 3 heteroatoms. The zero-order valence-electron chi connectivity index (χ0n) is 10.6. The second-order valence-electron chi connectivity index (χ2n) is 4.67. The molecule has 0 atom stereocenters. The molecule has 0 fully saturated rings. The maximum Gasteiger partial charge on any atom is 0.197 e. The van der Waals surface area contributed by atoms with Crippen molar-refractivity contribution >= 4 is 22.4 Å². The number of hydrogen-bond donors (Lipinski definition) is 2. The predicted molar refractivity (Wildman–Crippen MR) is 77.3 cm³/mol. The first-order chi connectivity index (χ1) is 9.16. The van der Waals surface area contributed by atoms with Gasteiger partial charge < -0.3 is 10.7 Å². The second-order valence-corrected chi connectivity index (χ2v) is 4.67. The zero-order chi connectivity index (χ0) is 13.4. The Hall–Kier alpha value is -2.55. The van der Waals surface area contributed by atoms with Crippen LogP contribution in [0.2, 0.25) is 0 Å². The van der Waals surface area contributed by atoms with Gasteiger partial charge in [0.15, 0.2) is 5.78 Å². The highest BCUT2D eigenvalue weighted by atomic mass is 16.1. The van der Waals surface area contributed by atoms with Crippen molar-refractivity contribution in [1.29, 1.82) is 0 Å². The van der Waals surface area contributed by atoms with Gasteiger partial charge in [0.05, 0.1) is 0 Å². The van der Waals surface area contributed by atoms with E-state index in [-0.39, 0.29) is 5.78 Å². The molecule has 0 aliphatic rings. The third kappa shape index (κ3) is 1.89. The van der Waals surface area contributed by atoms with Crippen LogP contribution in [0.4, 0.5) is 5.69 Å². The molecule has 1 heterocycles. The average Bonchev–Trinajstić information content (AvgIpc) is 2.81. The van der Waals surface area contributed by atoms with Crippen LogP contribution in [0.3, 0.4) is 0 Å². The Balaban J connectivity index is 2.15. The van der Waals surface area contributed by atoms with Gasteiger partial charge in [-0.25, -0.2) is 0 Å². The monoisotopic (exact) mass is 250 g/mol. The molecule has 0 aliphatic carbocycles. The number of anilines is 1. The van der Waals surface area contributed by atoms with Crippen LogP contribution in [0.1, 0.15) is 21.5 Å². The lowest BCUT2D eigenvalue weighted by Crippen LogP contribution is -2.04. The Morgan fingerprint density at radius 2 is 1.89 bits per heavy atom. The van der Waals surface area contributed by atoms with Crippen LogP contribution in [-0.4, -0.2) is 10.8 Å². The molecule has 3 nitrogen and oxygen atoms in total. The minimum Gasteiger partial charge on any atom is -0.398 e. The SMILES string of the molecule is Cc1ccc2c(C(=O)c3ccccc3N)c[nH]c2c1. The summed E-state index contributed by atoms with van der Waals surface area (Å²) < 4.78 is 0. The molecule has 0 saturated carbocycles. The summed E-state index contributed by atoms with van der Waals surface area (Å²) in [6.45, 7) is 2.02. The molecule has 0 saturated heterocycles. The zero-order valence-corrected chi connectivity index (χ0v) is 10.6. The van der Waals surface area contributed by atoms with Gasteiger partial charge in [-0.3, -0.25) is 4.79 Å². The number of ketones is 1. The Kier molecular flexibility index (Phi) is 2.60. The van der Waals surface area contributed by atoms with E-state index < -0.39 is 0 Å². The number of H-pyrrole nitrogens is 1. The number of aromatic amines is 1. The van der Waals surface area contributed by atoms with Crippen LogP contribution in [0.25, 0.3) is 10.9 Å². The summed E-state index contributed by atoms with van der Waals surface area (Å²) in [7, 11) is 0. The second kappa shape index (κ2) is 4.28. The predicted octanol–water partition coefficient (Wildman–Crippen LogP) is 3.29. The Labute approximate surface area is 111 Å². The number of nitrogens with two attached hydrogens (primary N) is 1. The summed E-state index contributed by atoms with van der Waals surface area (Å²) in [5.41, 5.74) is 9.71. The fourth-order valence-corrected chi connectivity index (χ4v) is 2.28.